The van der Waals surface area contributed by atoms with Gasteiger partial charge in [0.15, 0.2) is 11.6 Å². The van der Waals surface area contributed by atoms with Crippen molar-refractivity contribution in [2.45, 2.75) is 38.1 Å². The molecule has 1 saturated carbocycles. The largest absolute Gasteiger partial charge is 0.381 e. The van der Waals surface area contributed by atoms with Crippen molar-refractivity contribution in [2.24, 2.45) is 0 Å². The Bertz CT molecular complexity index is 444. The number of nitrogens with two attached hydrogens (primary N) is 1. The van der Waals surface area contributed by atoms with E-state index in [1.807, 2.05) is 0 Å². The number of anilines is 1. The molecule has 98 valence electrons. The van der Waals surface area contributed by atoms with E-state index in [1.165, 1.54) is 18.7 Å². The molecule has 1 amide bonds. The standard InChI is InChI=1S/C13H18FN3O/c1-17(9-5-3-2-4-6-9)13(18)10-7-8-16-12(15)11(10)14/h7-9H,2-6H2,1H3,(H2,15,16). The molecular formula is C13H18FN3O. The summed E-state index contributed by atoms with van der Waals surface area (Å²) in [6.07, 6.45) is 6.82. The number of carbonyl (C=O) groups is 1. The van der Waals surface area contributed by atoms with Crippen molar-refractivity contribution in [3.05, 3.63) is 23.6 Å². The van der Waals surface area contributed by atoms with E-state index in [9.17, 15) is 9.18 Å². The van der Waals surface area contributed by atoms with Crippen LogP contribution in [0.2, 0.25) is 0 Å². The highest BCUT2D eigenvalue weighted by molar-refractivity contribution is 5.95. The Labute approximate surface area is 106 Å². The lowest BCUT2D eigenvalue weighted by molar-refractivity contribution is 0.0691. The van der Waals surface area contributed by atoms with E-state index in [2.05, 4.69) is 4.98 Å². The molecule has 2 N–H and O–H groups in total. The Kier molecular flexibility index (Phi) is 3.79. The van der Waals surface area contributed by atoms with E-state index < -0.39 is 5.82 Å². The minimum absolute atomic E-state index is 0.00979. The molecule has 0 aromatic carbocycles. The predicted octanol–water partition coefficient (Wildman–Crippen LogP) is 2.21. The first-order valence-electron chi connectivity index (χ1n) is 6.28. The number of hydrogen-bond donors (Lipinski definition) is 1. The molecule has 1 fully saturated rings. The number of carbonyl (C=O) groups excluding carboxylic acids is 1. The fraction of sp³-hybridized carbons (Fsp3) is 0.538. The maximum atomic E-state index is 13.7. The Morgan fingerprint density at radius 1 is 1.44 bits per heavy atom. The molecule has 4 nitrogen and oxygen atoms in total. The number of aromatic nitrogens is 1. The maximum Gasteiger partial charge on any atom is 0.257 e. The summed E-state index contributed by atoms with van der Waals surface area (Å²) in [4.78, 5) is 17.5. The average Bonchev–Trinajstić information content (AvgIpc) is 2.41. The third-order valence-electron chi connectivity index (χ3n) is 3.59. The molecule has 0 radical (unpaired) electrons. The maximum absolute atomic E-state index is 13.7. The van der Waals surface area contributed by atoms with Crippen molar-refractivity contribution in [2.75, 3.05) is 12.8 Å². The van der Waals surface area contributed by atoms with E-state index in [0.29, 0.717) is 0 Å². The molecule has 2 rings (SSSR count). The van der Waals surface area contributed by atoms with Crippen LogP contribution in [0.4, 0.5) is 10.2 Å². The molecule has 18 heavy (non-hydrogen) atoms. The number of nitrogens with zero attached hydrogens (tertiary/aromatic N) is 2. The molecule has 0 saturated heterocycles. The zero-order chi connectivity index (χ0) is 13.1. The van der Waals surface area contributed by atoms with Gasteiger partial charge in [0, 0.05) is 19.3 Å². The van der Waals surface area contributed by atoms with Crippen LogP contribution in [-0.4, -0.2) is 28.9 Å². The molecule has 0 atom stereocenters. The van der Waals surface area contributed by atoms with E-state index in [1.54, 1.807) is 11.9 Å². The molecule has 1 aromatic heterocycles. The van der Waals surface area contributed by atoms with Crippen LogP contribution < -0.4 is 5.73 Å². The number of amides is 1. The highest BCUT2D eigenvalue weighted by Gasteiger charge is 2.25. The minimum Gasteiger partial charge on any atom is -0.381 e. The Balaban J connectivity index is 2.17. The topological polar surface area (TPSA) is 59.2 Å². The van der Waals surface area contributed by atoms with Gasteiger partial charge in [-0.25, -0.2) is 9.37 Å². The van der Waals surface area contributed by atoms with Gasteiger partial charge in [-0.1, -0.05) is 19.3 Å². The molecule has 0 unspecified atom stereocenters. The van der Waals surface area contributed by atoms with Gasteiger partial charge in [0.1, 0.15) is 0 Å². The third-order valence-corrected chi connectivity index (χ3v) is 3.59. The van der Waals surface area contributed by atoms with E-state index in [4.69, 9.17) is 5.73 Å². The molecule has 1 heterocycles. The van der Waals surface area contributed by atoms with Crippen molar-refractivity contribution < 1.29 is 9.18 Å². The van der Waals surface area contributed by atoms with Crippen molar-refractivity contribution in [3.63, 3.8) is 0 Å². The van der Waals surface area contributed by atoms with Crippen LogP contribution in [0.25, 0.3) is 0 Å². The number of halogens is 1. The fourth-order valence-electron chi connectivity index (χ4n) is 2.45. The summed E-state index contributed by atoms with van der Waals surface area (Å²) in [5, 5.41) is 0. The Morgan fingerprint density at radius 3 is 2.78 bits per heavy atom. The highest BCUT2D eigenvalue weighted by Crippen LogP contribution is 2.23. The molecular weight excluding hydrogens is 233 g/mol. The van der Waals surface area contributed by atoms with Crippen molar-refractivity contribution in [3.8, 4) is 0 Å². The smallest absolute Gasteiger partial charge is 0.257 e. The lowest BCUT2D eigenvalue weighted by Crippen LogP contribution is -2.38. The van der Waals surface area contributed by atoms with Gasteiger partial charge in [0.2, 0.25) is 0 Å². The van der Waals surface area contributed by atoms with Gasteiger partial charge in [-0.3, -0.25) is 4.79 Å². The van der Waals surface area contributed by atoms with Crippen LogP contribution in [0.5, 0.6) is 0 Å². The monoisotopic (exact) mass is 251 g/mol. The summed E-state index contributed by atoms with van der Waals surface area (Å²) in [7, 11) is 1.73. The summed E-state index contributed by atoms with van der Waals surface area (Å²) in [6.45, 7) is 0. The summed E-state index contributed by atoms with van der Waals surface area (Å²) in [5.74, 6) is -1.25. The van der Waals surface area contributed by atoms with Gasteiger partial charge in [-0.05, 0) is 18.9 Å². The second kappa shape index (κ2) is 5.33. The number of nitrogen functional groups attached to an aromatic ring is 1. The van der Waals surface area contributed by atoms with Gasteiger partial charge in [-0.2, -0.15) is 0 Å². The summed E-state index contributed by atoms with van der Waals surface area (Å²) < 4.78 is 13.7. The first-order valence-corrected chi connectivity index (χ1v) is 6.28. The SMILES string of the molecule is CN(C(=O)c1ccnc(N)c1F)C1CCCCC1. The second-order valence-corrected chi connectivity index (χ2v) is 4.77. The Hall–Kier alpha value is -1.65. The zero-order valence-corrected chi connectivity index (χ0v) is 10.5. The van der Waals surface area contributed by atoms with Crippen molar-refractivity contribution in [1.82, 2.24) is 9.88 Å². The van der Waals surface area contributed by atoms with Crippen LogP contribution in [0.15, 0.2) is 12.3 Å². The first kappa shape index (κ1) is 12.8. The summed E-state index contributed by atoms with van der Waals surface area (Å²) >= 11 is 0. The van der Waals surface area contributed by atoms with E-state index >= 15 is 0 Å². The highest BCUT2D eigenvalue weighted by atomic mass is 19.1. The van der Waals surface area contributed by atoms with Crippen LogP contribution in [0, 0.1) is 5.82 Å². The van der Waals surface area contributed by atoms with E-state index in [0.717, 1.165) is 25.7 Å². The lowest BCUT2D eigenvalue weighted by Gasteiger charge is -2.31. The number of pyridine rings is 1. The third kappa shape index (κ3) is 2.44. The van der Waals surface area contributed by atoms with Gasteiger partial charge >= 0.3 is 0 Å². The summed E-state index contributed by atoms with van der Waals surface area (Å²) in [5.41, 5.74) is 5.39. The quantitative estimate of drug-likeness (QED) is 0.876. The molecule has 5 heteroatoms. The lowest BCUT2D eigenvalue weighted by atomic mass is 9.94. The van der Waals surface area contributed by atoms with Gasteiger partial charge in [-0.15, -0.1) is 0 Å². The molecule has 0 aliphatic heterocycles. The van der Waals surface area contributed by atoms with E-state index in [-0.39, 0.29) is 23.3 Å². The van der Waals surface area contributed by atoms with Crippen molar-refractivity contribution >= 4 is 11.7 Å². The average molecular weight is 251 g/mol. The second-order valence-electron chi connectivity index (χ2n) is 4.77. The van der Waals surface area contributed by atoms with Crippen LogP contribution in [0.1, 0.15) is 42.5 Å². The minimum atomic E-state index is -0.717. The molecule has 1 aliphatic rings. The van der Waals surface area contributed by atoms with Crippen LogP contribution >= 0.6 is 0 Å². The number of rotatable bonds is 2. The molecule has 0 bridgehead atoms. The summed E-state index contributed by atoms with van der Waals surface area (Å²) in [6, 6.07) is 1.59. The fourth-order valence-corrected chi connectivity index (χ4v) is 2.45. The number of hydrogen-bond acceptors (Lipinski definition) is 3. The van der Waals surface area contributed by atoms with Crippen molar-refractivity contribution in [1.29, 1.82) is 0 Å². The molecule has 1 aromatic rings. The molecule has 0 spiro atoms. The van der Waals surface area contributed by atoms with Gasteiger partial charge < -0.3 is 10.6 Å². The van der Waals surface area contributed by atoms with Crippen LogP contribution in [0.3, 0.4) is 0 Å². The van der Waals surface area contributed by atoms with Gasteiger partial charge in [0.25, 0.3) is 5.91 Å². The van der Waals surface area contributed by atoms with Crippen LogP contribution in [-0.2, 0) is 0 Å². The first-order chi connectivity index (χ1) is 8.61. The Morgan fingerprint density at radius 2 is 2.11 bits per heavy atom. The normalized spacial score (nSPS) is 16.6. The van der Waals surface area contributed by atoms with Gasteiger partial charge in [0.05, 0.1) is 5.56 Å². The predicted molar refractivity (Wildman–Crippen MR) is 67.6 cm³/mol. The zero-order valence-electron chi connectivity index (χ0n) is 10.5. The molecule has 1 aliphatic carbocycles.